The van der Waals surface area contributed by atoms with E-state index in [2.05, 4.69) is 33.8 Å². The van der Waals surface area contributed by atoms with Crippen LogP contribution in [0, 0.1) is 6.92 Å². The minimum atomic E-state index is 0.330. The Kier molecular flexibility index (Phi) is 6.30. The van der Waals surface area contributed by atoms with Gasteiger partial charge in [0.05, 0.1) is 0 Å². The van der Waals surface area contributed by atoms with Crippen LogP contribution in [0.5, 0.6) is 11.5 Å². The second kappa shape index (κ2) is 8.23. The average molecular weight is 326 g/mol. The summed E-state index contributed by atoms with van der Waals surface area (Å²) in [7, 11) is 0. The van der Waals surface area contributed by atoms with Crippen LogP contribution in [-0.2, 0) is 12.8 Å². The molecule has 1 atom stereocenters. The second-order valence-electron chi connectivity index (χ2n) is 6.88. The van der Waals surface area contributed by atoms with Crippen LogP contribution >= 0.6 is 0 Å². The van der Waals surface area contributed by atoms with Crippen LogP contribution in [0.2, 0.25) is 0 Å². The zero-order chi connectivity index (χ0) is 17.7. The lowest BCUT2D eigenvalue weighted by atomic mass is 9.92. The summed E-state index contributed by atoms with van der Waals surface area (Å²) in [5, 5.41) is 21.3. The summed E-state index contributed by atoms with van der Waals surface area (Å²) in [5.41, 5.74) is 4.96. The first-order chi connectivity index (χ1) is 11.5. The first kappa shape index (κ1) is 18.4. The molecule has 24 heavy (non-hydrogen) atoms. The van der Waals surface area contributed by atoms with Gasteiger partial charge in [-0.25, -0.2) is 0 Å². The Morgan fingerprint density at radius 1 is 0.958 bits per heavy atom. The standard InChI is InChI=1S/C22H30O2/c1-5-7-9-17-12-15(3)13-19(21(17)23)14-18-10-8-11-20(22(18)24)16(4)6-2/h8,10-13,16,23-24H,5-7,9,14H2,1-4H3. The first-order valence-electron chi connectivity index (χ1n) is 9.10. The smallest absolute Gasteiger partial charge is 0.122 e. The molecular formula is C22H30O2. The van der Waals surface area contributed by atoms with E-state index in [1.165, 1.54) is 0 Å². The SMILES string of the molecule is CCCCc1cc(C)cc(Cc2cccc(C(C)CC)c2O)c1O. The van der Waals surface area contributed by atoms with Crippen LogP contribution in [0.1, 0.15) is 73.8 Å². The van der Waals surface area contributed by atoms with Gasteiger partial charge in [0, 0.05) is 6.42 Å². The molecular weight excluding hydrogens is 296 g/mol. The lowest BCUT2D eigenvalue weighted by Crippen LogP contribution is -1.98. The Morgan fingerprint density at radius 2 is 1.67 bits per heavy atom. The van der Waals surface area contributed by atoms with Crippen molar-refractivity contribution in [3.05, 3.63) is 58.1 Å². The molecule has 0 aliphatic rings. The minimum Gasteiger partial charge on any atom is -0.507 e. The van der Waals surface area contributed by atoms with Crippen LogP contribution < -0.4 is 0 Å². The summed E-state index contributed by atoms with van der Waals surface area (Å²) in [6, 6.07) is 10.1. The van der Waals surface area contributed by atoms with E-state index in [9.17, 15) is 10.2 Å². The highest BCUT2D eigenvalue weighted by atomic mass is 16.3. The topological polar surface area (TPSA) is 40.5 Å². The zero-order valence-electron chi connectivity index (χ0n) is 15.4. The van der Waals surface area contributed by atoms with Crippen molar-refractivity contribution < 1.29 is 10.2 Å². The van der Waals surface area contributed by atoms with Gasteiger partial charge in [-0.15, -0.1) is 0 Å². The van der Waals surface area contributed by atoms with Crippen molar-refractivity contribution in [1.82, 2.24) is 0 Å². The van der Waals surface area contributed by atoms with E-state index < -0.39 is 0 Å². The van der Waals surface area contributed by atoms with Crippen molar-refractivity contribution in [1.29, 1.82) is 0 Å². The maximum Gasteiger partial charge on any atom is 0.122 e. The van der Waals surface area contributed by atoms with Crippen LogP contribution in [0.4, 0.5) is 0 Å². The molecule has 0 amide bonds. The fraction of sp³-hybridized carbons (Fsp3) is 0.455. The Labute approximate surface area is 146 Å². The molecule has 2 nitrogen and oxygen atoms in total. The maximum absolute atomic E-state index is 10.6. The number of para-hydroxylation sites is 1. The van der Waals surface area contributed by atoms with E-state index >= 15 is 0 Å². The van der Waals surface area contributed by atoms with Crippen LogP contribution in [0.15, 0.2) is 30.3 Å². The van der Waals surface area contributed by atoms with E-state index in [4.69, 9.17) is 0 Å². The molecule has 0 bridgehead atoms. The van der Waals surface area contributed by atoms with E-state index in [-0.39, 0.29) is 0 Å². The van der Waals surface area contributed by atoms with E-state index in [1.807, 2.05) is 24.3 Å². The van der Waals surface area contributed by atoms with Crippen molar-refractivity contribution in [2.75, 3.05) is 0 Å². The predicted octanol–water partition coefficient (Wildman–Crippen LogP) is 5.85. The Bertz CT molecular complexity index is 689. The molecule has 1 unspecified atom stereocenters. The number of phenols is 2. The van der Waals surface area contributed by atoms with Gasteiger partial charge in [-0.1, -0.05) is 63.1 Å². The van der Waals surface area contributed by atoms with Crippen LogP contribution in [0.3, 0.4) is 0 Å². The summed E-state index contributed by atoms with van der Waals surface area (Å²) in [6.45, 7) is 8.48. The summed E-state index contributed by atoms with van der Waals surface area (Å²) in [6.07, 6.45) is 4.64. The van der Waals surface area contributed by atoms with Crippen molar-refractivity contribution >= 4 is 0 Å². The van der Waals surface area contributed by atoms with Crippen molar-refractivity contribution in [3.8, 4) is 11.5 Å². The molecule has 0 aromatic heterocycles. The van der Waals surface area contributed by atoms with Crippen molar-refractivity contribution in [3.63, 3.8) is 0 Å². The van der Waals surface area contributed by atoms with Gasteiger partial charge in [-0.05, 0) is 54.4 Å². The van der Waals surface area contributed by atoms with Crippen LogP contribution in [-0.4, -0.2) is 10.2 Å². The predicted molar refractivity (Wildman–Crippen MR) is 101 cm³/mol. The fourth-order valence-corrected chi connectivity index (χ4v) is 3.20. The molecule has 0 radical (unpaired) electrons. The van der Waals surface area contributed by atoms with Crippen molar-refractivity contribution in [2.45, 2.75) is 65.7 Å². The number of hydrogen-bond acceptors (Lipinski definition) is 2. The molecule has 2 aromatic rings. The highest BCUT2D eigenvalue weighted by molar-refractivity contribution is 5.50. The average Bonchev–Trinajstić information content (AvgIpc) is 2.57. The molecule has 2 N–H and O–H groups in total. The number of phenolic OH excluding ortho intramolecular Hbond substituents is 2. The summed E-state index contributed by atoms with van der Waals surface area (Å²) < 4.78 is 0. The molecule has 0 saturated carbocycles. The number of benzene rings is 2. The molecule has 0 aliphatic heterocycles. The number of rotatable bonds is 7. The van der Waals surface area contributed by atoms with Crippen molar-refractivity contribution in [2.24, 2.45) is 0 Å². The zero-order valence-corrected chi connectivity index (χ0v) is 15.4. The molecule has 0 fully saturated rings. The monoisotopic (exact) mass is 326 g/mol. The van der Waals surface area contributed by atoms with Gasteiger partial charge in [-0.3, -0.25) is 0 Å². The summed E-state index contributed by atoms with van der Waals surface area (Å²) in [4.78, 5) is 0. The van der Waals surface area contributed by atoms with E-state index in [0.29, 0.717) is 23.8 Å². The molecule has 2 rings (SSSR count). The fourth-order valence-electron chi connectivity index (χ4n) is 3.20. The number of unbranched alkanes of at least 4 members (excludes halogenated alkanes) is 1. The first-order valence-corrected chi connectivity index (χ1v) is 9.10. The number of aryl methyl sites for hydroxylation is 2. The third kappa shape index (κ3) is 4.11. The van der Waals surface area contributed by atoms with Gasteiger partial charge in [0.1, 0.15) is 11.5 Å². The molecule has 0 heterocycles. The Morgan fingerprint density at radius 3 is 2.33 bits per heavy atom. The molecule has 0 aliphatic carbocycles. The minimum absolute atomic E-state index is 0.330. The van der Waals surface area contributed by atoms with E-state index in [1.54, 1.807) is 0 Å². The van der Waals surface area contributed by atoms with Crippen LogP contribution in [0.25, 0.3) is 0 Å². The summed E-state index contributed by atoms with van der Waals surface area (Å²) in [5.74, 6) is 1.10. The molecule has 2 heteroatoms. The van der Waals surface area contributed by atoms with Gasteiger partial charge in [0.25, 0.3) is 0 Å². The highest BCUT2D eigenvalue weighted by Crippen LogP contribution is 2.34. The normalized spacial score (nSPS) is 12.3. The largest absolute Gasteiger partial charge is 0.507 e. The third-order valence-corrected chi connectivity index (χ3v) is 4.89. The second-order valence-corrected chi connectivity index (χ2v) is 6.88. The number of hydrogen-bond donors (Lipinski definition) is 2. The molecule has 0 spiro atoms. The lowest BCUT2D eigenvalue weighted by molar-refractivity contribution is 0.451. The van der Waals surface area contributed by atoms with E-state index in [0.717, 1.165) is 53.5 Å². The number of aromatic hydroxyl groups is 2. The molecule has 2 aromatic carbocycles. The summed E-state index contributed by atoms with van der Waals surface area (Å²) >= 11 is 0. The third-order valence-electron chi connectivity index (χ3n) is 4.89. The quantitative estimate of drug-likeness (QED) is 0.669. The Balaban J connectivity index is 2.36. The van der Waals surface area contributed by atoms with Gasteiger partial charge in [-0.2, -0.15) is 0 Å². The van der Waals surface area contributed by atoms with Gasteiger partial charge >= 0.3 is 0 Å². The molecule has 0 saturated heterocycles. The highest BCUT2D eigenvalue weighted by Gasteiger charge is 2.15. The maximum atomic E-state index is 10.6. The Hall–Kier alpha value is -1.96. The van der Waals surface area contributed by atoms with Gasteiger partial charge < -0.3 is 10.2 Å². The van der Waals surface area contributed by atoms with Gasteiger partial charge in [0.15, 0.2) is 0 Å². The molecule has 130 valence electrons. The lowest BCUT2D eigenvalue weighted by Gasteiger charge is -2.16. The van der Waals surface area contributed by atoms with Gasteiger partial charge in [0.2, 0.25) is 0 Å².